The van der Waals surface area contributed by atoms with Crippen molar-refractivity contribution in [3.63, 3.8) is 0 Å². The predicted octanol–water partition coefficient (Wildman–Crippen LogP) is 6.79. The number of nitrogens with zero attached hydrogens (tertiary/aromatic N) is 2. The van der Waals surface area contributed by atoms with E-state index in [0.29, 0.717) is 17.8 Å². The average molecular weight is 523 g/mol. The van der Waals surface area contributed by atoms with Gasteiger partial charge in [0, 0.05) is 31.2 Å². The molecule has 7 heteroatoms. The van der Waals surface area contributed by atoms with E-state index in [0.717, 1.165) is 43.2 Å². The molecule has 1 heterocycles. The quantitative estimate of drug-likeness (QED) is 0.266. The van der Waals surface area contributed by atoms with Gasteiger partial charge in [0.05, 0.1) is 11.6 Å². The van der Waals surface area contributed by atoms with Crippen LogP contribution in [0.2, 0.25) is 0 Å². The highest BCUT2D eigenvalue weighted by Crippen LogP contribution is 2.41. The Hall–Kier alpha value is -4.39. The molecule has 2 N–H and O–H groups in total. The molecule has 7 nitrogen and oxygen atoms in total. The van der Waals surface area contributed by atoms with Gasteiger partial charge in [-0.2, -0.15) is 0 Å². The maximum absolute atomic E-state index is 13.8. The van der Waals surface area contributed by atoms with Crippen LogP contribution in [0.5, 0.6) is 0 Å². The van der Waals surface area contributed by atoms with Gasteiger partial charge in [0.25, 0.3) is 5.89 Å². The molecule has 0 atom stereocenters. The van der Waals surface area contributed by atoms with Crippen molar-refractivity contribution < 1.29 is 14.0 Å². The van der Waals surface area contributed by atoms with E-state index in [1.54, 1.807) is 18.2 Å². The Morgan fingerprint density at radius 3 is 2.13 bits per heavy atom. The van der Waals surface area contributed by atoms with E-state index in [-0.39, 0.29) is 11.8 Å². The van der Waals surface area contributed by atoms with Crippen LogP contribution >= 0.6 is 0 Å². The van der Waals surface area contributed by atoms with Crippen LogP contribution in [0.4, 0.5) is 17.1 Å². The third kappa shape index (κ3) is 6.20. The summed E-state index contributed by atoms with van der Waals surface area (Å²) in [7, 11) is 4.08. The van der Waals surface area contributed by atoms with Crippen LogP contribution < -0.4 is 15.5 Å². The smallest absolute Gasteiger partial charge is 0.311 e. The number of rotatable bonds is 8. The number of hydrogen-bond acceptors (Lipinski definition) is 5. The lowest BCUT2D eigenvalue weighted by atomic mass is 9.69. The summed E-state index contributed by atoms with van der Waals surface area (Å²) in [6.07, 6.45) is 8.40. The van der Waals surface area contributed by atoms with Crippen LogP contribution in [-0.4, -0.2) is 30.9 Å². The van der Waals surface area contributed by atoms with Crippen molar-refractivity contribution in [2.45, 2.75) is 38.5 Å². The average Bonchev–Trinajstić information content (AvgIpc) is 3.50. The molecule has 5 rings (SSSR count). The van der Waals surface area contributed by atoms with Crippen LogP contribution in [0.3, 0.4) is 0 Å². The largest absolute Gasteiger partial charge is 0.441 e. The Kier molecular flexibility index (Phi) is 7.77. The van der Waals surface area contributed by atoms with Gasteiger partial charge >= 0.3 is 5.91 Å². The van der Waals surface area contributed by atoms with Gasteiger partial charge in [-0.25, -0.2) is 4.98 Å². The number of amides is 2. The minimum Gasteiger partial charge on any atom is -0.441 e. The fraction of sp³-hybridized carbons (Fsp3) is 0.281. The lowest BCUT2D eigenvalue weighted by Crippen LogP contribution is -2.40. The molecule has 200 valence electrons. The summed E-state index contributed by atoms with van der Waals surface area (Å²) in [6, 6.07) is 24.3. The van der Waals surface area contributed by atoms with Crippen LogP contribution in [0, 0.1) is 5.41 Å². The van der Waals surface area contributed by atoms with Gasteiger partial charge in [-0.15, -0.1) is 0 Å². The van der Waals surface area contributed by atoms with E-state index in [2.05, 4.69) is 69.0 Å². The summed E-state index contributed by atoms with van der Waals surface area (Å²) in [4.78, 5) is 32.0. The van der Waals surface area contributed by atoms with Gasteiger partial charge in [0.1, 0.15) is 6.26 Å². The molecule has 0 bridgehead atoms. The molecule has 0 spiro atoms. The first-order valence-corrected chi connectivity index (χ1v) is 13.4. The topological polar surface area (TPSA) is 87.5 Å². The Morgan fingerprint density at radius 1 is 0.872 bits per heavy atom. The lowest BCUT2D eigenvalue weighted by Gasteiger charge is -2.36. The number of anilines is 3. The molecule has 39 heavy (non-hydrogen) atoms. The van der Waals surface area contributed by atoms with Gasteiger partial charge in [0.15, 0.2) is 0 Å². The first-order chi connectivity index (χ1) is 18.9. The fourth-order valence-electron chi connectivity index (χ4n) is 5.33. The van der Waals surface area contributed by atoms with Crippen molar-refractivity contribution >= 4 is 28.9 Å². The molecular formula is C32H34N4O3. The van der Waals surface area contributed by atoms with E-state index >= 15 is 0 Å². The van der Waals surface area contributed by atoms with E-state index in [1.807, 2.05) is 20.2 Å². The monoisotopic (exact) mass is 522 g/mol. The number of oxazole rings is 1. The fourth-order valence-corrected chi connectivity index (χ4v) is 5.33. The van der Waals surface area contributed by atoms with Crippen LogP contribution in [0.15, 0.2) is 89.7 Å². The molecule has 4 aromatic rings. The number of carbonyl (C=O) groups excluding carboxylic acids is 2. The van der Waals surface area contributed by atoms with Gasteiger partial charge in [0.2, 0.25) is 5.91 Å². The molecular weight excluding hydrogens is 488 g/mol. The van der Waals surface area contributed by atoms with E-state index < -0.39 is 11.3 Å². The normalized spacial score (nSPS) is 14.4. The van der Waals surface area contributed by atoms with E-state index in [4.69, 9.17) is 4.42 Å². The first-order valence-electron chi connectivity index (χ1n) is 13.4. The molecule has 0 radical (unpaired) electrons. The van der Waals surface area contributed by atoms with Crippen molar-refractivity contribution in [1.82, 2.24) is 4.98 Å². The van der Waals surface area contributed by atoms with Crippen LogP contribution in [-0.2, 0) is 11.2 Å². The van der Waals surface area contributed by atoms with Gasteiger partial charge in [-0.05, 0) is 66.3 Å². The van der Waals surface area contributed by atoms with Gasteiger partial charge in [-0.3, -0.25) is 9.59 Å². The molecule has 3 aromatic carbocycles. The lowest BCUT2D eigenvalue weighted by molar-refractivity contribution is -0.127. The summed E-state index contributed by atoms with van der Waals surface area (Å²) in [5, 5.41) is 5.90. The number of nitrogens with one attached hydrogen (secondary N) is 2. The maximum Gasteiger partial charge on any atom is 0.311 e. The van der Waals surface area contributed by atoms with E-state index in [1.165, 1.54) is 23.7 Å². The Labute approximate surface area is 229 Å². The zero-order chi connectivity index (χ0) is 27.2. The SMILES string of the molecule is CN(C)c1ccc(-c2ccc(CC3(C(=O)Nc4cccc(NC(=O)c5ncco5)c4)CCCCC3)cc2)cc1. The highest BCUT2D eigenvalue weighted by atomic mass is 16.3. The number of aromatic nitrogens is 1. The Bertz CT molecular complexity index is 1400. The molecule has 1 aliphatic carbocycles. The molecule has 0 aliphatic heterocycles. The number of carbonyl (C=O) groups is 2. The molecule has 1 fully saturated rings. The third-order valence-corrected chi connectivity index (χ3v) is 7.51. The van der Waals surface area contributed by atoms with Crippen molar-refractivity contribution in [2.24, 2.45) is 5.41 Å². The minimum absolute atomic E-state index is 0.0119. The summed E-state index contributed by atoms with van der Waals surface area (Å²) >= 11 is 0. The third-order valence-electron chi connectivity index (χ3n) is 7.51. The van der Waals surface area contributed by atoms with Crippen molar-refractivity contribution in [1.29, 1.82) is 0 Å². The molecule has 0 unspecified atom stereocenters. The van der Waals surface area contributed by atoms with Crippen LogP contribution in [0.1, 0.15) is 48.4 Å². The highest BCUT2D eigenvalue weighted by Gasteiger charge is 2.39. The zero-order valence-electron chi connectivity index (χ0n) is 22.4. The maximum atomic E-state index is 13.8. The predicted molar refractivity (Wildman–Crippen MR) is 155 cm³/mol. The minimum atomic E-state index is -0.468. The Balaban J connectivity index is 1.29. The second-order valence-electron chi connectivity index (χ2n) is 10.5. The molecule has 1 saturated carbocycles. The van der Waals surface area contributed by atoms with Crippen LogP contribution in [0.25, 0.3) is 11.1 Å². The molecule has 2 amide bonds. The standard InChI is InChI=1S/C32H34N4O3/c1-36(2)28-15-13-25(14-16-28)24-11-9-23(10-12-24)22-32(17-4-3-5-18-32)31(38)35-27-8-6-7-26(21-27)34-29(37)30-33-19-20-39-30/h6-16,19-21H,3-5,17-18,22H2,1-2H3,(H,34,37)(H,35,38). The van der Waals surface area contributed by atoms with Crippen molar-refractivity contribution in [3.05, 3.63) is 96.7 Å². The summed E-state index contributed by atoms with van der Waals surface area (Å²) in [5.74, 6) is -0.423. The van der Waals surface area contributed by atoms with Gasteiger partial charge in [-0.1, -0.05) is 61.7 Å². The number of benzene rings is 3. The second kappa shape index (κ2) is 11.6. The number of hydrogen-bond donors (Lipinski definition) is 2. The zero-order valence-corrected chi connectivity index (χ0v) is 22.4. The van der Waals surface area contributed by atoms with E-state index in [9.17, 15) is 9.59 Å². The second-order valence-corrected chi connectivity index (χ2v) is 10.5. The van der Waals surface area contributed by atoms with Crippen molar-refractivity contribution in [3.8, 4) is 11.1 Å². The summed E-state index contributed by atoms with van der Waals surface area (Å²) in [6.45, 7) is 0. The van der Waals surface area contributed by atoms with Gasteiger partial charge < -0.3 is 20.0 Å². The summed E-state index contributed by atoms with van der Waals surface area (Å²) in [5.41, 5.74) is 5.40. The molecule has 0 saturated heterocycles. The van der Waals surface area contributed by atoms with Crippen molar-refractivity contribution in [2.75, 3.05) is 29.6 Å². The Morgan fingerprint density at radius 2 is 1.51 bits per heavy atom. The molecule has 1 aliphatic rings. The molecule has 1 aromatic heterocycles. The first kappa shape index (κ1) is 26.2. The summed E-state index contributed by atoms with van der Waals surface area (Å²) < 4.78 is 5.06. The highest BCUT2D eigenvalue weighted by molar-refractivity contribution is 6.02.